The molecule has 0 bridgehead atoms. The first-order valence-corrected chi connectivity index (χ1v) is 4.73. The lowest BCUT2D eigenvalue weighted by atomic mass is 10.1. The van der Waals surface area contributed by atoms with Gasteiger partial charge in [-0.05, 0) is 24.6 Å². The van der Waals surface area contributed by atoms with Gasteiger partial charge in [-0.3, -0.25) is 9.97 Å². The van der Waals surface area contributed by atoms with E-state index >= 15 is 0 Å². The van der Waals surface area contributed by atoms with Crippen molar-refractivity contribution in [3.05, 3.63) is 42.4 Å². The number of pyridine rings is 2. The fourth-order valence-corrected chi connectivity index (χ4v) is 1.51. The van der Waals surface area contributed by atoms with Gasteiger partial charge in [0.25, 0.3) is 0 Å². The quantitative estimate of drug-likeness (QED) is 0.747. The predicted molar refractivity (Wildman–Crippen MR) is 58.8 cm³/mol. The number of aryl methyl sites for hydroxylation is 1. The Morgan fingerprint density at radius 2 is 2.07 bits per heavy atom. The maximum Gasteiger partial charge on any atom is 0.146 e. The minimum Gasteiger partial charge on any atom is -0.494 e. The van der Waals surface area contributed by atoms with Crippen LogP contribution in [-0.2, 0) is 0 Å². The molecule has 3 heteroatoms. The van der Waals surface area contributed by atoms with Gasteiger partial charge >= 0.3 is 0 Å². The summed E-state index contributed by atoms with van der Waals surface area (Å²) < 4.78 is 5.25. The van der Waals surface area contributed by atoms with E-state index in [0.29, 0.717) is 0 Å². The van der Waals surface area contributed by atoms with Crippen LogP contribution in [0.5, 0.6) is 5.75 Å². The van der Waals surface area contributed by atoms with E-state index in [0.717, 1.165) is 22.6 Å². The lowest BCUT2D eigenvalue weighted by molar-refractivity contribution is 0.414. The zero-order chi connectivity index (χ0) is 10.7. The van der Waals surface area contributed by atoms with Crippen LogP contribution in [-0.4, -0.2) is 17.1 Å². The second-order valence-electron chi connectivity index (χ2n) is 3.24. The lowest BCUT2D eigenvalue weighted by Crippen LogP contribution is -1.92. The highest BCUT2D eigenvalue weighted by Crippen LogP contribution is 2.28. The second-order valence-corrected chi connectivity index (χ2v) is 3.24. The van der Waals surface area contributed by atoms with Crippen molar-refractivity contribution in [3.63, 3.8) is 0 Å². The molecule has 0 aliphatic carbocycles. The average Bonchev–Trinajstić information content (AvgIpc) is 2.30. The summed E-state index contributed by atoms with van der Waals surface area (Å²) in [5, 5.41) is 0. The summed E-state index contributed by atoms with van der Waals surface area (Å²) in [6.07, 6.45) is 5.22. The van der Waals surface area contributed by atoms with Crippen LogP contribution in [0, 0.1) is 6.92 Å². The Balaban J connectivity index is 2.59. The highest BCUT2D eigenvalue weighted by Gasteiger charge is 2.08. The molecule has 0 atom stereocenters. The van der Waals surface area contributed by atoms with Gasteiger partial charge in [-0.15, -0.1) is 0 Å². The summed E-state index contributed by atoms with van der Waals surface area (Å²) in [4.78, 5) is 8.37. The van der Waals surface area contributed by atoms with Gasteiger partial charge in [-0.25, -0.2) is 0 Å². The van der Waals surface area contributed by atoms with Crippen molar-refractivity contribution in [2.75, 3.05) is 7.11 Å². The van der Waals surface area contributed by atoms with E-state index in [-0.39, 0.29) is 0 Å². The molecule has 0 aliphatic rings. The van der Waals surface area contributed by atoms with Crippen molar-refractivity contribution in [1.29, 1.82) is 0 Å². The SMILES string of the molecule is COc1cnccc1-c1ncccc1C. The molecule has 0 fully saturated rings. The molecule has 0 amide bonds. The van der Waals surface area contributed by atoms with Crippen LogP contribution in [0.2, 0.25) is 0 Å². The van der Waals surface area contributed by atoms with Gasteiger partial charge in [-0.2, -0.15) is 0 Å². The van der Waals surface area contributed by atoms with E-state index in [2.05, 4.69) is 9.97 Å². The largest absolute Gasteiger partial charge is 0.494 e. The van der Waals surface area contributed by atoms with Crippen molar-refractivity contribution in [2.24, 2.45) is 0 Å². The van der Waals surface area contributed by atoms with Crippen LogP contribution in [0.4, 0.5) is 0 Å². The monoisotopic (exact) mass is 200 g/mol. The van der Waals surface area contributed by atoms with Gasteiger partial charge in [0.2, 0.25) is 0 Å². The van der Waals surface area contributed by atoms with E-state index in [4.69, 9.17) is 4.74 Å². The lowest BCUT2D eigenvalue weighted by Gasteiger charge is -2.08. The highest BCUT2D eigenvalue weighted by molar-refractivity contribution is 5.68. The predicted octanol–water partition coefficient (Wildman–Crippen LogP) is 2.46. The summed E-state index contributed by atoms with van der Waals surface area (Å²) in [6.45, 7) is 2.03. The highest BCUT2D eigenvalue weighted by atomic mass is 16.5. The fourth-order valence-electron chi connectivity index (χ4n) is 1.51. The second kappa shape index (κ2) is 4.09. The van der Waals surface area contributed by atoms with Gasteiger partial charge in [0.15, 0.2) is 0 Å². The minimum atomic E-state index is 0.749. The number of hydrogen-bond acceptors (Lipinski definition) is 3. The molecule has 2 aromatic rings. The third-order valence-electron chi connectivity index (χ3n) is 2.27. The fraction of sp³-hybridized carbons (Fsp3) is 0.167. The summed E-state index contributed by atoms with van der Waals surface area (Å²) in [6, 6.07) is 5.86. The van der Waals surface area contributed by atoms with Crippen molar-refractivity contribution in [3.8, 4) is 17.0 Å². The topological polar surface area (TPSA) is 35.0 Å². The van der Waals surface area contributed by atoms with Crippen LogP contribution in [0.25, 0.3) is 11.3 Å². The van der Waals surface area contributed by atoms with Crippen molar-refractivity contribution in [2.45, 2.75) is 6.92 Å². The van der Waals surface area contributed by atoms with E-state index < -0.39 is 0 Å². The average molecular weight is 200 g/mol. The Morgan fingerprint density at radius 1 is 1.20 bits per heavy atom. The summed E-state index contributed by atoms with van der Waals surface area (Å²) in [5.41, 5.74) is 3.05. The molecule has 2 heterocycles. The molecular weight excluding hydrogens is 188 g/mol. The molecule has 2 rings (SSSR count). The summed E-state index contributed by atoms with van der Waals surface area (Å²) in [5.74, 6) is 0.749. The summed E-state index contributed by atoms with van der Waals surface area (Å²) >= 11 is 0. The number of ether oxygens (including phenoxy) is 1. The molecular formula is C12H12N2O. The van der Waals surface area contributed by atoms with Gasteiger partial charge in [0.1, 0.15) is 5.75 Å². The molecule has 0 aromatic carbocycles. The van der Waals surface area contributed by atoms with Crippen molar-refractivity contribution >= 4 is 0 Å². The van der Waals surface area contributed by atoms with Crippen LogP contribution in [0.3, 0.4) is 0 Å². The molecule has 0 unspecified atom stereocenters. The number of hydrogen-bond donors (Lipinski definition) is 0. The first-order chi connectivity index (χ1) is 7.33. The maximum atomic E-state index is 5.25. The zero-order valence-corrected chi connectivity index (χ0v) is 8.77. The van der Waals surface area contributed by atoms with E-state index in [9.17, 15) is 0 Å². The normalized spacial score (nSPS) is 10.0. The molecule has 3 nitrogen and oxygen atoms in total. The smallest absolute Gasteiger partial charge is 0.146 e. The molecule has 0 N–H and O–H groups in total. The minimum absolute atomic E-state index is 0.749. The number of nitrogens with zero attached hydrogens (tertiary/aromatic N) is 2. The Labute approximate surface area is 88.8 Å². The molecule has 0 aliphatic heterocycles. The molecule has 0 saturated heterocycles. The third kappa shape index (κ3) is 1.81. The van der Waals surface area contributed by atoms with E-state index in [1.165, 1.54) is 0 Å². The maximum absolute atomic E-state index is 5.25. The standard InChI is InChI=1S/C12H12N2O/c1-9-4-3-6-14-12(9)10-5-7-13-8-11(10)15-2/h3-8H,1-2H3. The molecule has 0 spiro atoms. The molecule has 15 heavy (non-hydrogen) atoms. The van der Waals surface area contributed by atoms with Gasteiger partial charge in [-0.1, -0.05) is 6.07 Å². The molecule has 0 saturated carbocycles. The Bertz CT molecular complexity index is 469. The van der Waals surface area contributed by atoms with Crippen LogP contribution >= 0.6 is 0 Å². The Hall–Kier alpha value is -1.90. The van der Waals surface area contributed by atoms with Crippen LogP contribution in [0.15, 0.2) is 36.8 Å². The van der Waals surface area contributed by atoms with E-state index in [1.807, 2.05) is 25.1 Å². The summed E-state index contributed by atoms with van der Waals surface area (Å²) in [7, 11) is 1.64. The van der Waals surface area contributed by atoms with Crippen LogP contribution in [0.1, 0.15) is 5.56 Å². The van der Waals surface area contributed by atoms with Gasteiger partial charge in [0.05, 0.1) is 19.0 Å². The van der Waals surface area contributed by atoms with Crippen LogP contribution < -0.4 is 4.74 Å². The number of aromatic nitrogens is 2. The van der Waals surface area contributed by atoms with Crippen molar-refractivity contribution < 1.29 is 4.74 Å². The Kier molecular flexibility index (Phi) is 2.63. The molecule has 0 radical (unpaired) electrons. The number of rotatable bonds is 2. The Morgan fingerprint density at radius 3 is 2.80 bits per heavy atom. The first-order valence-electron chi connectivity index (χ1n) is 4.73. The van der Waals surface area contributed by atoms with E-state index in [1.54, 1.807) is 25.7 Å². The zero-order valence-electron chi connectivity index (χ0n) is 8.77. The van der Waals surface area contributed by atoms with Crippen molar-refractivity contribution in [1.82, 2.24) is 9.97 Å². The number of methoxy groups -OCH3 is 1. The van der Waals surface area contributed by atoms with Gasteiger partial charge in [0, 0.05) is 18.0 Å². The van der Waals surface area contributed by atoms with Gasteiger partial charge < -0.3 is 4.74 Å². The molecule has 76 valence electrons. The first kappa shape index (κ1) is 9.65. The molecule has 2 aromatic heterocycles. The third-order valence-corrected chi connectivity index (χ3v) is 2.27.